The monoisotopic (exact) mass is 898 g/mol. The van der Waals surface area contributed by atoms with Crippen LogP contribution in [0.5, 0.6) is 23.0 Å². The van der Waals surface area contributed by atoms with E-state index in [4.69, 9.17) is 46.4 Å². The van der Waals surface area contributed by atoms with E-state index in [1.165, 1.54) is 14.1 Å². The molecule has 2 amide bonds. The Labute approximate surface area is 361 Å². The predicted molar refractivity (Wildman–Crippen MR) is 237 cm³/mol. The van der Waals surface area contributed by atoms with E-state index in [1.807, 2.05) is 27.7 Å². The highest BCUT2D eigenvalue weighted by Gasteiger charge is 2.28. The summed E-state index contributed by atoms with van der Waals surface area (Å²) in [6.45, 7) is 8.93. The molecule has 0 bridgehead atoms. The molecular formula is C40H54N10O10S2. The second-order valence-electron chi connectivity index (χ2n) is 13.0. The molecule has 4 aromatic rings. The van der Waals surface area contributed by atoms with Crippen molar-refractivity contribution in [1.82, 2.24) is 13.7 Å². The summed E-state index contributed by atoms with van der Waals surface area (Å²) < 4.78 is 74.4. The van der Waals surface area contributed by atoms with Gasteiger partial charge in [0.05, 0.1) is 26.4 Å². The lowest BCUT2D eigenvalue weighted by Crippen LogP contribution is -2.43. The van der Waals surface area contributed by atoms with E-state index < -0.39 is 44.3 Å². The van der Waals surface area contributed by atoms with Gasteiger partial charge < -0.3 is 41.0 Å². The smallest absolute Gasteiger partial charge is 0.303 e. The summed E-state index contributed by atoms with van der Waals surface area (Å²) in [5, 5.41) is 25.9. The molecule has 62 heavy (non-hydrogen) atoms. The molecule has 0 aliphatic carbocycles. The van der Waals surface area contributed by atoms with Crippen LogP contribution in [0.3, 0.4) is 0 Å². The number of nitrogens with one attached hydrogen (secondary N) is 6. The van der Waals surface area contributed by atoms with Crippen molar-refractivity contribution >= 4 is 55.3 Å². The third-order valence-electron chi connectivity index (χ3n) is 8.29. The minimum absolute atomic E-state index is 0.0872. The lowest BCUT2D eigenvalue weighted by atomic mass is 10.0. The second-order valence-corrected chi connectivity index (χ2v) is 16.2. The summed E-state index contributed by atoms with van der Waals surface area (Å²) in [5.74, 6) is 0.0331. The Hall–Kier alpha value is -6.62. The van der Waals surface area contributed by atoms with Crippen LogP contribution in [-0.4, -0.2) is 85.1 Å². The van der Waals surface area contributed by atoms with E-state index in [9.17, 15) is 26.4 Å². The molecule has 0 fully saturated rings. The molecule has 4 aromatic carbocycles. The van der Waals surface area contributed by atoms with Crippen molar-refractivity contribution in [2.75, 3.05) is 51.2 Å². The molecule has 4 rings (SSSR count). The first-order chi connectivity index (χ1) is 29.2. The Balaban J connectivity index is 0.000000331. The summed E-state index contributed by atoms with van der Waals surface area (Å²) in [6.07, 6.45) is 0. The first-order valence-corrected chi connectivity index (χ1v) is 22.0. The number of anilines is 2. The molecule has 0 saturated heterocycles. The largest absolute Gasteiger partial charge is 0.490 e. The predicted octanol–water partition coefficient (Wildman–Crippen LogP) is 3.08. The first kappa shape index (κ1) is 49.7. The highest BCUT2D eigenvalue weighted by molar-refractivity contribution is 7.88. The zero-order chi connectivity index (χ0) is 46.2. The summed E-state index contributed by atoms with van der Waals surface area (Å²) in [7, 11) is -5.62. The van der Waals surface area contributed by atoms with E-state index in [1.54, 1.807) is 89.7 Å². The topological polar surface area (TPSA) is 316 Å². The van der Waals surface area contributed by atoms with Crippen molar-refractivity contribution in [3.63, 3.8) is 0 Å². The number of nitrogens with two attached hydrogens (primary N) is 3. The molecule has 22 heteroatoms. The number of amides is 2. The van der Waals surface area contributed by atoms with Gasteiger partial charge in [-0.05, 0) is 112 Å². The van der Waals surface area contributed by atoms with Crippen molar-refractivity contribution in [2.45, 2.75) is 39.8 Å². The standard InChI is InChI=1S/C21H29N5O5S.C19H25N5O5S/c1-5-30-17-12-9-15(13-18(17)31-6-2)19(21(27)25-32(28,29)26(3)4)24-16-10-7-14(8-11-16)20(22)23;1-3-28-15-10-7-13(11-16(15)29-4-2)17(19(25)24-30(22,26)27)23-14-8-5-12(6-9-14)18(20)21/h7-13,19,24H,5-6H2,1-4H3,(H3,22,23)(H,25,27);5-11,17,23H,3-4H2,1-2H3,(H3,20,21)(H,24,25)(H2,22,26,27). The van der Waals surface area contributed by atoms with Gasteiger partial charge in [0.15, 0.2) is 23.0 Å². The van der Waals surface area contributed by atoms with E-state index >= 15 is 0 Å². The SMILES string of the molecule is CCOc1ccc(C(Nc2ccc(C(=N)N)cc2)C(=O)NS(=O)(=O)N(C)C)cc1OCC.CCOc1ccc(C(Nc2ccc(C(=N)N)cc2)C(=O)NS(N)(=O)=O)cc1OCC. The fourth-order valence-electron chi connectivity index (χ4n) is 5.40. The van der Waals surface area contributed by atoms with Crippen LogP contribution in [0.25, 0.3) is 0 Å². The Morgan fingerprint density at radius 2 is 0.919 bits per heavy atom. The maximum Gasteiger partial charge on any atom is 0.303 e. The normalized spacial score (nSPS) is 12.1. The molecular weight excluding hydrogens is 845 g/mol. The number of amidine groups is 2. The zero-order valence-electron chi connectivity index (χ0n) is 35.1. The molecule has 336 valence electrons. The van der Waals surface area contributed by atoms with Gasteiger partial charge in [0.25, 0.3) is 22.0 Å². The van der Waals surface area contributed by atoms with Gasteiger partial charge in [0, 0.05) is 36.6 Å². The number of carbonyl (C=O) groups excluding carboxylic acids is 2. The summed E-state index contributed by atoms with van der Waals surface area (Å²) >= 11 is 0. The summed E-state index contributed by atoms with van der Waals surface area (Å²) in [6, 6.07) is 20.6. The Morgan fingerprint density at radius 3 is 1.23 bits per heavy atom. The van der Waals surface area contributed by atoms with Crippen molar-refractivity contribution in [3.8, 4) is 23.0 Å². The highest BCUT2D eigenvalue weighted by Crippen LogP contribution is 2.34. The van der Waals surface area contributed by atoms with Crippen LogP contribution in [0.4, 0.5) is 11.4 Å². The number of benzene rings is 4. The number of rotatable bonds is 21. The molecule has 2 unspecified atom stereocenters. The maximum atomic E-state index is 13.0. The molecule has 2 atom stereocenters. The van der Waals surface area contributed by atoms with E-state index in [0.717, 1.165) is 4.31 Å². The van der Waals surface area contributed by atoms with Crippen molar-refractivity contribution in [2.24, 2.45) is 16.6 Å². The van der Waals surface area contributed by atoms with Crippen molar-refractivity contribution in [1.29, 1.82) is 10.8 Å². The molecule has 0 saturated carbocycles. The fourth-order valence-corrected chi connectivity index (χ4v) is 6.35. The van der Waals surface area contributed by atoms with Crippen LogP contribution in [-0.2, 0) is 30.0 Å². The third-order valence-corrected chi connectivity index (χ3v) is 10.2. The van der Waals surface area contributed by atoms with Gasteiger partial charge in [-0.1, -0.05) is 12.1 Å². The minimum atomic E-state index is -4.26. The van der Waals surface area contributed by atoms with Gasteiger partial charge in [0.2, 0.25) is 0 Å². The second kappa shape index (κ2) is 22.8. The van der Waals surface area contributed by atoms with E-state index in [0.29, 0.717) is 83.1 Å². The van der Waals surface area contributed by atoms with Gasteiger partial charge >= 0.3 is 10.2 Å². The van der Waals surface area contributed by atoms with Crippen LogP contribution in [0.15, 0.2) is 84.9 Å². The highest BCUT2D eigenvalue weighted by atomic mass is 32.2. The van der Waals surface area contributed by atoms with Gasteiger partial charge in [-0.2, -0.15) is 21.1 Å². The molecule has 0 spiro atoms. The molecule has 0 heterocycles. The van der Waals surface area contributed by atoms with Crippen molar-refractivity contribution in [3.05, 3.63) is 107 Å². The van der Waals surface area contributed by atoms with Crippen LogP contribution >= 0.6 is 0 Å². The lowest BCUT2D eigenvalue weighted by molar-refractivity contribution is -0.121. The molecule has 12 N–H and O–H groups in total. The Bertz CT molecular complexity index is 2400. The quantitative estimate of drug-likeness (QED) is 0.0429. The average molecular weight is 899 g/mol. The molecule has 20 nitrogen and oxygen atoms in total. The minimum Gasteiger partial charge on any atom is -0.490 e. The van der Waals surface area contributed by atoms with E-state index in [2.05, 4.69) is 15.4 Å². The lowest BCUT2D eigenvalue weighted by Gasteiger charge is -2.22. The van der Waals surface area contributed by atoms with Gasteiger partial charge in [-0.3, -0.25) is 20.4 Å². The average Bonchev–Trinajstić information content (AvgIpc) is 3.20. The van der Waals surface area contributed by atoms with Gasteiger partial charge in [-0.25, -0.2) is 14.6 Å². The number of ether oxygens (including phenoxy) is 4. The third kappa shape index (κ3) is 14.8. The molecule has 0 aliphatic rings. The molecule has 0 aliphatic heterocycles. The fraction of sp³-hybridized carbons (Fsp3) is 0.300. The summed E-state index contributed by atoms with van der Waals surface area (Å²) in [5.41, 5.74) is 13.9. The zero-order valence-corrected chi connectivity index (χ0v) is 36.8. The maximum absolute atomic E-state index is 13.0. The van der Waals surface area contributed by atoms with Crippen molar-refractivity contribution < 1.29 is 45.4 Å². The number of hydrogen-bond donors (Lipinski definition) is 9. The Kier molecular flexibility index (Phi) is 18.3. The molecule has 0 radical (unpaired) electrons. The summed E-state index contributed by atoms with van der Waals surface area (Å²) in [4.78, 5) is 25.7. The van der Waals surface area contributed by atoms with E-state index in [-0.39, 0.29) is 11.7 Å². The van der Waals surface area contributed by atoms with Gasteiger partial charge in [-0.15, -0.1) is 0 Å². The Morgan fingerprint density at radius 1 is 0.581 bits per heavy atom. The number of carbonyl (C=O) groups is 2. The van der Waals surface area contributed by atoms with Crippen LogP contribution < -0.4 is 55.6 Å². The number of nitrogen functional groups attached to an aromatic ring is 2. The van der Waals surface area contributed by atoms with Crippen LogP contribution in [0, 0.1) is 10.8 Å². The first-order valence-electron chi connectivity index (χ1n) is 19.0. The van der Waals surface area contributed by atoms with Crippen LogP contribution in [0.1, 0.15) is 62.0 Å². The number of nitrogens with zero attached hydrogens (tertiary/aromatic N) is 1. The number of hydrogen-bond acceptors (Lipinski definition) is 14. The van der Waals surface area contributed by atoms with Crippen LogP contribution in [0.2, 0.25) is 0 Å². The van der Waals surface area contributed by atoms with Gasteiger partial charge in [0.1, 0.15) is 23.8 Å². The molecule has 0 aromatic heterocycles.